The van der Waals surface area contributed by atoms with Gasteiger partial charge >= 0.3 is 0 Å². The third kappa shape index (κ3) is 3.47. The zero-order valence-corrected chi connectivity index (χ0v) is 9.26. The van der Waals surface area contributed by atoms with E-state index in [1.54, 1.807) is 11.3 Å². The highest BCUT2D eigenvalue weighted by Gasteiger charge is 2.09. The molecule has 0 saturated heterocycles. The van der Waals surface area contributed by atoms with E-state index < -0.39 is 0 Å². The maximum absolute atomic E-state index is 11.3. The molecule has 1 amide bonds. The van der Waals surface area contributed by atoms with Gasteiger partial charge in [-0.1, -0.05) is 6.07 Å². The lowest BCUT2D eigenvalue weighted by Crippen LogP contribution is -2.29. The Morgan fingerprint density at radius 1 is 1.71 bits per heavy atom. The van der Waals surface area contributed by atoms with Gasteiger partial charge in [-0.05, 0) is 25.3 Å². The molecule has 0 aliphatic rings. The largest absolute Gasteiger partial charge is 0.372 e. The first-order valence-corrected chi connectivity index (χ1v) is 5.52. The average molecular weight is 213 g/mol. The molecule has 1 N–H and O–H groups in total. The standard InChI is InChI=1S/C10H15NO2S/c1-3-13-7-10(12)11-8(2)9-5-4-6-14-9/h4-6,8H,3,7H2,1-2H3,(H,11,12)/t8-/m1/s1. The summed E-state index contributed by atoms with van der Waals surface area (Å²) in [5, 5.41) is 4.86. The maximum Gasteiger partial charge on any atom is 0.246 e. The van der Waals surface area contributed by atoms with Gasteiger partial charge in [-0.15, -0.1) is 11.3 Å². The van der Waals surface area contributed by atoms with E-state index >= 15 is 0 Å². The Morgan fingerprint density at radius 3 is 3.07 bits per heavy atom. The van der Waals surface area contributed by atoms with E-state index in [1.807, 2.05) is 31.4 Å². The predicted molar refractivity (Wildman–Crippen MR) is 57.4 cm³/mol. The van der Waals surface area contributed by atoms with Crippen LogP contribution in [0.5, 0.6) is 0 Å². The third-order valence-corrected chi connectivity index (χ3v) is 2.84. The summed E-state index contributed by atoms with van der Waals surface area (Å²) in [5.74, 6) is -0.0623. The lowest BCUT2D eigenvalue weighted by atomic mass is 10.3. The molecule has 0 aliphatic carbocycles. The van der Waals surface area contributed by atoms with Gasteiger partial charge in [-0.25, -0.2) is 0 Å². The summed E-state index contributed by atoms with van der Waals surface area (Å²) in [7, 11) is 0. The van der Waals surface area contributed by atoms with Crippen LogP contribution in [-0.2, 0) is 9.53 Å². The fourth-order valence-corrected chi connectivity index (χ4v) is 1.82. The van der Waals surface area contributed by atoms with E-state index in [2.05, 4.69) is 5.32 Å². The van der Waals surface area contributed by atoms with E-state index in [0.717, 1.165) is 4.88 Å². The van der Waals surface area contributed by atoms with Crippen molar-refractivity contribution in [2.75, 3.05) is 13.2 Å². The molecule has 0 radical (unpaired) electrons. The Kier molecular flexibility index (Phi) is 4.62. The van der Waals surface area contributed by atoms with Gasteiger partial charge in [0.25, 0.3) is 0 Å². The van der Waals surface area contributed by atoms with E-state index in [0.29, 0.717) is 6.61 Å². The zero-order chi connectivity index (χ0) is 10.4. The van der Waals surface area contributed by atoms with Crippen molar-refractivity contribution in [3.8, 4) is 0 Å². The van der Waals surface area contributed by atoms with Crippen molar-refractivity contribution in [2.24, 2.45) is 0 Å². The molecule has 4 heteroatoms. The highest BCUT2D eigenvalue weighted by molar-refractivity contribution is 7.10. The van der Waals surface area contributed by atoms with E-state index in [9.17, 15) is 4.79 Å². The van der Waals surface area contributed by atoms with Crippen molar-refractivity contribution in [3.63, 3.8) is 0 Å². The molecular formula is C10H15NO2S. The number of thiophene rings is 1. The van der Waals surface area contributed by atoms with Crippen molar-refractivity contribution >= 4 is 17.2 Å². The number of carbonyl (C=O) groups excluding carboxylic acids is 1. The summed E-state index contributed by atoms with van der Waals surface area (Å²) in [6.45, 7) is 4.55. The van der Waals surface area contributed by atoms with Crippen LogP contribution >= 0.6 is 11.3 Å². The van der Waals surface area contributed by atoms with Crippen LogP contribution in [-0.4, -0.2) is 19.1 Å². The average Bonchev–Trinajstić information content (AvgIpc) is 2.67. The minimum Gasteiger partial charge on any atom is -0.372 e. The first-order chi connectivity index (χ1) is 6.74. The van der Waals surface area contributed by atoms with Gasteiger partial charge in [0.15, 0.2) is 0 Å². The Morgan fingerprint density at radius 2 is 2.50 bits per heavy atom. The molecule has 3 nitrogen and oxygen atoms in total. The summed E-state index contributed by atoms with van der Waals surface area (Å²) >= 11 is 1.64. The van der Waals surface area contributed by atoms with E-state index in [4.69, 9.17) is 4.74 Å². The Bertz CT molecular complexity index is 272. The molecule has 0 bridgehead atoms. The zero-order valence-electron chi connectivity index (χ0n) is 8.45. The molecule has 14 heavy (non-hydrogen) atoms. The second kappa shape index (κ2) is 5.78. The molecule has 1 atom stereocenters. The number of amides is 1. The lowest BCUT2D eigenvalue weighted by Gasteiger charge is -2.11. The van der Waals surface area contributed by atoms with Crippen LogP contribution in [0.15, 0.2) is 17.5 Å². The summed E-state index contributed by atoms with van der Waals surface area (Å²) in [5.41, 5.74) is 0. The molecule has 0 aromatic carbocycles. The molecule has 0 saturated carbocycles. The fraction of sp³-hybridized carbons (Fsp3) is 0.500. The first kappa shape index (κ1) is 11.2. The molecule has 1 aromatic rings. The van der Waals surface area contributed by atoms with Gasteiger partial charge in [-0.3, -0.25) is 4.79 Å². The molecule has 0 fully saturated rings. The molecule has 0 unspecified atom stereocenters. The van der Waals surface area contributed by atoms with Crippen molar-refractivity contribution in [1.29, 1.82) is 0 Å². The van der Waals surface area contributed by atoms with Gasteiger partial charge in [0.2, 0.25) is 5.91 Å². The summed E-state index contributed by atoms with van der Waals surface area (Å²) in [4.78, 5) is 12.4. The minimum atomic E-state index is -0.0623. The molecule has 78 valence electrons. The Labute approximate surface area is 88.1 Å². The van der Waals surface area contributed by atoms with Crippen LogP contribution in [0, 0.1) is 0 Å². The van der Waals surface area contributed by atoms with Gasteiger partial charge in [0, 0.05) is 11.5 Å². The SMILES string of the molecule is CCOCC(=O)N[C@H](C)c1cccs1. The van der Waals surface area contributed by atoms with Crippen LogP contribution in [0.4, 0.5) is 0 Å². The lowest BCUT2D eigenvalue weighted by molar-refractivity contribution is -0.126. The Balaban J connectivity index is 2.33. The molecule has 1 heterocycles. The number of carbonyl (C=O) groups is 1. The number of nitrogens with one attached hydrogen (secondary N) is 1. The Hall–Kier alpha value is -0.870. The monoisotopic (exact) mass is 213 g/mol. The minimum absolute atomic E-state index is 0.0623. The van der Waals surface area contributed by atoms with Crippen molar-refractivity contribution in [1.82, 2.24) is 5.32 Å². The van der Waals surface area contributed by atoms with E-state index in [-0.39, 0.29) is 18.6 Å². The number of rotatable bonds is 5. The van der Waals surface area contributed by atoms with E-state index in [1.165, 1.54) is 0 Å². The number of ether oxygens (including phenoxy) is 1. The first-order valence-electron chi connectivity index (χ1n) is 4.64. The summed E-state index contributed by atoms with van der Waals surface area (Å²) in [6, 6.07) is 4.06. The molecular weight excluding hydrogens is 198 g/mol. The highest BCUT2D eigenvalue weighted by Crippen LogP contribution is 2.17. The molecule has 0 aliphatic heterocycles. The van der Waals surface area contributed by atoms with Gasteiger partial charge in [0.1, 0.15) is 6.61 Å². The van der Waals surface area contributed by atoms with Gasteiger partial charge < -0.3 is 10.1 Å². The highest BCUT2D eigenvalue weighted by atomic mass is 32.1. The van der Waals surface area contributed by atoms with Crippen LogP contribution < -0.4 is 5.32 Å². The smallest absolute Gasteiger partial charge is 0.246 e. The molecule has 1 rings (SSSR count). The van der Waals surface area contributed by atoms with Crippen molar-refractivity contribution in [3.05, 3.63) is 22.4 Å². The van der Waals surface area contributed by atoms with Crippen molar-refractivity contribution in [2.45, 2.75) is 19.9 Å². The van der Waals surface area contributed by atoms with Gasteiger partial charge in [0.05, 0.1) is 6.04 Å². The fourth-order valence-electron chi connectivity index (χ4n) is 1.09. The van der Waals surface area contributed by atoms with Crippen molar-refractivity contribution < 1.29 is 9.53 Å². The van der Waals surface area contributed by atoms with Crippen LogP contribution in [0.25, 0.3) is 0 Å². The second-order valence-electron chi connectivity index (χ2n) is 2.94. The normalized spacial score (nSPS) is 12.4. The molecule has 0 spiro atoms. The summed E-state index contributed by atoms with van der Waals surface area (Å²) in [6.07, 6.45) is 0. The summed E-state index contributed by atoms with van der Waals surface area (Å²) < 4.78 is 5.00. The van der Waals surface area contributed by atoms with Gasteiger partial charge in [-0.2, -0.15) is 0 Å². The second-order valence-corrected chi connectivity index (χ2v) is 3.92. The number of hydrogen-bond acceptors (Lipinski definition) is 3. The van der Waals surface area contributed by atoms with Crippen LogP contribution in [0.3, 0.4) is 0 Å². The number of hydrogen-bond donors (Lipinski definition) is 1. The topological polar surface area (TPSA) is 38.3 Å². The van der Waals surface area contributed by atoms with Crippen LogP contribution in [0.1, 0.15) is 24.8 Å². The third-order valence-electron chi connectivity index (χ3n) is 1.78. The maximum atomic E-state index is 11.3. The predicted octanol–water partition coefficient (Wildman–Crippen LogP) is 1.96. The van der Waals surface area contributed by atoms with Crippen LogP contribution in [0.2, 0.25) is 0 Å². The molecule has 1 aromatic heterocycles. The quantitative estimate of drug-likeness (QED) is 0.812.